The van der Waals surface area contributed by atoms with Crippen LogP contribution in [0.2, 0.25) is 0 Å². The van der Waals surface area contributed by atoms with E-state index in [2.05, 4.69) is 12.8 Å². The topological polar surface area (TPSA) is 115 Å². The maximum Gasteiger partial charge on any atom is 0.394 e. The number of aliphatic carboxylic acids is 1. The molecule has 1 rings (SSSR count). The molecule has 9 heteroatoms. The summed E-state index contributed by atoms with van der Waals surface area (Å²) in [5.74, 6) is -0.762. The Morgan fingerprint density at radius 2 is 1.86 bits per heavy atom. The number of carbonyl (C=O) groups is 1. The van der Waals surface area contributed by atoms with Crippen LogP contribution in [0.25, 0.3) is 0 Å². The third-order valence-electron chi connectivity index (χ3n) is 1.51. The van der Waals surface area contributed by atoms with Gasteiger partial charge in [-0.1, -0.05) is 12.8 Å². The van der Waals surface area contributed by atoms with Gasteiger partial charge in [-0.15, -0.1) is 0 Å². The number of thiol groups is 1. The van der Waals surface area contributed by atoms with Gasteiger partial charge in [-0.2, -0.15) is 8.42 Å². The van der Waals surface area contributed by atoms with Gasteiger partial charge in [0, 0.05) is 6.54 Å². The molecule has 1 aliphatic rings. The summed E-state index contributed by atoms with van der Waals surface area (Å²) in [6.45, 7) is 0.792. The predicted molar refractivity (Wildman–Crippen MR) is 50.5 cm³/mol. The molecule has 3 N–H and O–H groups in total. The minimum atomic E-state index is -4.67. The number of hydrogen-bond acceptors (Lipinski definition) is 5. The zero-order chi connectivity index (χ0) is 11.4. The molecule has 0 saturated carbocycles. The Morgan fingerprint density at radius 1 is 1.43 bits per heavy atom. The van der Waals surface area contributed by atoms with Gasteiger partial charge in [0.05, 0.1) is 0 Å². The van der Waals surface area contributed by atoms with E-state index in [1.54, 1.807) is 4.31 Å². The lowest BCUT2D eigenvalue weighted by Crippen LogP contribution is -2.28. The van der Waals surface area contributed by atoms with E-state index < -0.39 is 16.4 Å². The van der Waals surface area contributed by atoms with E-state index in [1.807, 2.05) is 0 Å². The quantitative estimate of drug-likeness (QED) is 0.371. The molecule has 1 heterocycles. The molecule has 0 amide bonds. The molecule has 1 aliphatic heterocycles. The number of nitrogens with zero attached hydrogens (tertiary/aromatic N) is 1. The van der Waals surface area contributed by atoms with Gasteiger partial charge in [0.15, 0.2) is 0 Å². The maximum absolute atomic E-state index is 10.3. The maximum atomic E-state index is 10.3. The second-order valence-corrected chi connectivity index (χ2v) is 4.02. The fourth-order valence-electron chi connectivity index (χ4n) is 1.00. The largest absolute Gasteiger partial charge is 0.480 e. The van der Waals surface area contributed by atoms with Crippen molar-refractivity contribution >= 4 is 29.2 Å². The van der Waals surface area contributed by atoms with Crippen molar-refractivity contribution in [2.75, 3.05) is 6.54 Å². The molecule has 0 bridgehead atoms. The highest BCUT2D eigenvalue weighted by atomic mass is 32.3. The van der Waals surface area contributed by atoms with Gasteiger partial charge in [0.2, 0.25) is 0 Å². The fourth-order valence-corrected chi connectivity index (χ4v) is 1.36. The summed E-state index contributed by atoms with van der Waals surface area (Å²) in [6.07, 6.45) is 1.68. The SMILES string of the molecule is O=C(O)[C@@H]1CCCN1S.O=S(=O)(O)O. The summed E-state index contributed by atoms with van der Waals surface area (Å²) in [4.78, 5) is 10.3. The minimum absolute atomic E-state index is 0.353. The van der Waals surface area contributed by atoms with Crippen molar-refractivity contribution in [3.05, 3.63) is 0 Å². The Kier molecular flexibility index (Phi) is 5.37. The van der Waals surface area contributed by atoms with Crippen LogP contribution in [0.5, 0.6) is 0 Å². The van der Waals surface area contributed by atoms with E-state index >= 15 is 0 Å². The molecule has 1 fully saturated rings. The second kappa shape index (κ2) is 5.51. The van der Waals surface area contributed by atoms with Crippen LogP contribution >= 0.6 is 12.8 Å². The highest BCUT2D eigenvalue weighted by molar-refractivity contribution is 7.79. The predicted octanol–water partition coefficient (Wildman–Crippen LogP) is -0.273. The average Bonchev–Trinajstić information content (AvgIpc) is 2.30. The molecule has 0 aliphatic carbocycles. The van der Waals surface area contributed by atoms with E-state index in [0.717, 1.165) is 19.4 Å². The van der Waals surface area contributed by atoms with Crippen LogP contribution in [-0.2, 0) is 15.2 Å². The van der Waals surface area contributed by atoms with Gasteiger partial charge in [-0.25, -0.2) is 4.31 Å². The van der Waals surface area contributed by atoms with E-state index in [0.29, 0.717) is 0 Å². The summed E-state index contributed by atoms with van der Waals surface area (Å²) in [7, 11) is -4.67. The van der Waals surface area contributed by atoms with Crippen LogP contribution in [-0.4, -0.2) is 45.5 Å². The molecule has 0 aromatic carbocycles. The Balaban J connectivity index is 0.000000292. The molecule has 14 heavy (non-hydrogen) atoms. The normalized spacial score (nSPS) is 22.6. The molecular formula is C5H11NO6S2. The monoisotopic (exact) mass is 245 g/mol. The summed E-state index contributed by atoms with van der Waals surface area (Å²) in [5.41, 5.74) is 0. The molecular weight excluding hydrogens is 234 g/mol. The van der Waals surface area contributed by atoms with Crippen molar-refractivity contribution in [2.24, 2.45) is 0 Å². The van der Waals surface area contributed by atoms with Gasteiger partial charge in [-0.3, -0.25) is 13.9 Å². The number of rotatable bonds is 1. The fraction of sp³-hybridized carbons (Fsp3) is 0.800. The van der Waals surface area contributed by atoms with Crippen molar-refractivity contribution < 1.29 is 27.4 Å². The standard InChI is InChI=1S/C5H9NO2S.H2O4S/c7-5(8)4-2-1-3-6(4)9;1-5(2,3)4/h4,9H,1-3H2,(H,7,8);(H2,1,2,3,4)/t4-;/m0./s1. The first kappa shape index (κ1) is 13.7. The molecule has 1 saturated heterocycles. The third kappa shape index (κ3) is 7.09. The van der Waals surface area contributed by atoms with Gasteiger partial charge in [0.1, 0.15) is 6.04 Å². The molecule has 0 spiro atoms. The van der Waals surface area contributed by atoms with Crippen molar-refractivity contribution in [3.63, 3.8) is 0 Å². The van der Waals surface area contributed by atoms with Gasteiger partial charge in [-0.05, 0) is 12.8 Å². The van der Waals surface area contributed by atoms with E-state index in [1.165, 1.54) is 0 Å². The average molecular weight is 245 g/mol. The van der Waals surface area contributed by atoms with Gasteiger partial charge >= 0.3 is 16.4 Å². The van der Waals surface area contributed by atoms with Crippen LogP contribution in [0, 0.1) is 0 Å². The molecule has 0 unspecified atom stereocenters. The first-order valence-corrected chi connectivity index (χ1v) is 5.39. The lowest BCUT2D eigenvalue weighted by Gasteiger charge is -2.11. The molecule has 0 radical (unpaired) electrons. The molecule has 0 aromatic heterocycles. The third-order valence-corrected chi connectivity index (χ3v) is 1.99. The summed E-state index contributed by atoms with van der Waals surface area (Å²) < 4.78 is 33.2. The van der Waals surface area contributed by atoms with Crippen LogP contribution in [0.4, 0.5) is 0 Å². The second-order valence-electron chi connectivity index (χ2n) is 2.61. The Labute approximate surface area is 86.8 Å². The zero-order valence-electron chi connectivity index (χ0n) is 7.07. The first-order valence-electron chi connectivity index (χ1n) is 3.60. The van der Waals surface area contributed by atoms with Crippen LogP contribution in [0.15, 0.2) is 0 Å². The summed E-state index contributed by atoms with van der Waals surface area (Å²) in [6, 6.07) is -0.353. The van der Waals surface area contributed by atoms with E-state index in [4.69, 9.17) is 22.6 Å². The molecule has 1 atom stereocenters. The lowest BCUT2D eigenvalue weighted by atomic mass is 10.2. The molecule has 84 valence electrons. The van der Waals surface area contributed by atoms with Crippen molar-refractivity contribution in [2.45, 2.75) is 18.9 Å². The number of carboxylic acid groups (broad SMARTS) is 1. The number of hydrogen-bond donors (Lipinski definition) is 4. The first-order chi connectivity index (χ1) is 6.22. The van der Waals surface area contributed by atoms with Crippen molar-refractivity contribution in [3.8, 4) is 0 Å². The van der Waals surface area contributed by atoms with Gasteiger partial charge in [0.25, 0.3) is 0 Å². The van der Waals surface area contributed by atoms with Crippen LogP contribution < -0.4 is 0 Å². The van der Waals surface area contributed by atoms with Crippen molar-refractivity contribution in [1.29, 1.82) is 0 Å². The lowest BCUT2D eigenvalue weighted by molar-refractivity contribution is -0.140. The van der Waals surface area contributed by atoms with Crippen LogP contribution in [0.1, 0.15) is 12.8 Å². The van der Waals surface area contributed by atoms with Crippen molar-refractivity contribution in [1.82, 2.24) is 4.31 Å². The highest BCUT2D eigenvalue weighted by Gasteiger charge is 2.27. The van der Waals surface area contributed by atoms with Gasteiger partial charge < -0.3 is 5.11 Å². The van der Waals surface area contributed by atoms with E-state index in [-0.39, 0.29) is 6.04 Å². The Bertz CT molecular complexity index is 281. The summed E-state index contributed by atoms with van der Waals surface area (Å²) >= 11 is 3.98. The smallest absolute Gasteiger partial charge is 0.394 e. The minimum Gasteiger partial charge on any atom is -0.480 e. The zero-order valence-corrected chi connectivity index (χ0v) is 8.78. The highest BCUT2D eigenvalue weighted by Crippen LogP contribution is 2.18. The number of carboxylic acids is 1. The van der Waals surface area contributed by atoms with Crippen LogP contribution in [0.3, 0.4) is 0 Å². The summed E-state index contributed by atoms with van der Waals surface area (Å²) in [5, 5.41) is 8.49. The Morgan fingerprint density at radius 3 is 2.00 bits per heavy atom. The molecule has 7 nitrogen and oxygen atoms in total. The molecule has 0 aromatic rings. The van der Waals surface area contributed by atoms with E-state index in [9.17, 15) is 4.79 Å². The Hall–Kier alpha value is -0.350.